The number of carbonyl (C=O) groups is 2. The molecular weight excluding hydrogens is 358 g/mol. The Labute approximate surface area is 162 Å². The summed E-state index contributed by atoms with van der Waals surface area (Å²) in [6, 6.07) is 17.5. The molecule has 3 aromatic rings. The summed E-state index contributed by atoms with van der Waals surface area (Å²) in [7, 11) is 0. The van der Waals surface area contributed by atoms with Crippen LogP contribution < -0.4 is 11.1 Å². The highest BCUT2D eigenvalue weighted by atomic mass is 16.5. The number of nitrogens with one attached hydrogen (secondary N) is 1. The molecule has 0 saturated heterocycles. The van der Waals surface area contributed by atoms with E-state index in [0.717, 1.165) is 11.1 Å². The molecule has 0 saturated carbocycles. The van der Waals surface area contributed by atoms with Gasteiger partial charge in [0.25, 0.3) is 5.91 Å². The van der Waals surface area contributed by atoms with Gasteiger partial charge < -0.3 is 20.7 Å². The number of aliphatic hydroxyl groups excluding tert-OH is 1. The standard InChI is InChI=1S/C21H21N3O4/c1-13-17(18(24-28-13)15-10-6-3-7-11-15)21(27)23-16(19(25)20(22)26)12-14-8-4-2-5-9-14/h2-11,16,19,25H,12H2,1H3,(H2,22,26)(H,23,27). The van der Waals surface area contributed by atoms with E-state index < -0.39 is 24.0 Å². The Morgan fingerprint density at radius 1 is 1.11 bits per heavy atom. The topological polar surface area (TPSA) is 118 Å². The number of hydrogen-bond donors (Lipinski definition) is 3. The number of benzene rings is 2. The van der Waals surface area contributed by atoms with Gasteiger partial charge in [-0.15, -0.1) is 0 Å². The van der Waals surface area contributed by atoms with Gasteiger partial charge in [-0.25, -0.2) is 0 Å². The summed E-state index contributed by atoms with van der Waals surface area (Å²) in [5.74, 6) is -1.08. The zero-order chi connectivity index (χ0) is 20.1. The quantitative estimate of drug-likeness (QED) is 0.579. The van der Waals surface area contributed by atoms with Crippen molar-refractivity contribution in [2.24, 2.45) is 5.73 Å². The third-order valence-electron chi connectivity index (χ3n) is 4.42. The highest BCUT2D eigenvalue weighted by Crippen LogP contribution is 2.25. The maximum absolute atomic E-state index is 13.0. The molecule has 0 aliphatic heterocycles. The van der Waals surface area contributed by atoms with Gasteiger partial charge in [-0.3, -0.25) is 9.59 Å². The smallest absolute Gasteiger partial charge is 0.257 e. The molecule has 0 radical (unpaired) electrons. The molecule has 2 aromatic carbocycles. The minimum absolute atomic E-state index is 0.238. The molecule has 7 nitrogen and oxygen atoms in total. The van der Waals surface area contributed by atoms with Gasteiger partial charge in [0.2, 0.25) is 5.91 Å². The van der Waals surface area contributed by atoms with E-state index in [4.69, 9.17) is 10.3 Å². The molecule has 2 unspecified atom stereocenters. The molecule has 0 spiro atoms. The molecule has 1 aromatic heterocycles. The summed E-state index contributed by atoms with van der Waals surface area (Å²) in [6.07, 6.45) is -1.30. The van der Waals surface area contributed by atoms with E-state index in [9.17, 15) is 14.7 Å². The Morgan fingerprint density at radius 3 is 2.32 bits per heavy atom. The Bertz CT molecular complexity index is 954. The number of amides is 2. The number of primary amides is 1. The predicted octanol–water partition coefficient (Wildman–Crippen LogP) is 1.84. The van der Waals surface area contributed by atoms with E-state index in [0.29, 0.717) is 11.5 Å². The van der Waals surface area contributed by atoms with Gasteiger partial charge in [-0.1, -0.05) is 65.8 Å². The van der Waals surface area contributed by atoms with Crippen LogP contribution in [0.3, 0.4) is 0 Å². The third-order valence-corrected chi connectivity index (χ3v) is 4.42. The van der Waals surface area contributed by atoms with Crippen LogP contribution >= 0.6 is 0 Å². The summed E-state index contributed by atoms with van der Waals surface area (Å²) in [6.45, 7) is 1.63. The number of hydrogen-bond acceptors (Lipinski definition) is 5. The molecule has 0 aliphatic carbocycles. The highest BCUT2D eigenvalue weighted by molar-refractivity contribution is 6.01. The lowest BCUT2D eigenvalue weighted by Gasteiger charge is -2.22. The average molecular weight is 379 g/mol. The van der Waals surface area contributed by atoms with Crippen molar-refractivity contribution in [2.75, 3.05) is 0 Å². The fourth-order valence-electron chi connectivity index (χ4n) is 2.98. The van der Waals surface area contributed by atoms with Gasteiger partial charge in [-0.05, 0) is 18.9 Å². The second kappa shape index (κ2) is 8.49. The van der Waals surface area contributed by atoms with Gasteiger partial charge in [0.1, 0.15) is 17.0 Å². The number of carbonyl (C=O) groups excluding carboxylic acids is 2. The Balaban J connectivity index is 1.88. The molecule has 0 aliphatic rings. The van der Waals surface area contributed by atoms with E-state index in [1.807, 2.05) is 60.7 Å². The second-order valence-electron chi connectivity index (χ2n) is 6.45. The summed E-state index contributed by atoms with van der Waals surface area (Å²) >= 11 is 0. The van der Waals surface area contributed by atoms with Crippen LogP contribution in [0.4, 0.5) is 0 Å². The van der Waals surface area contributed by atoms with Gasteiger partial charge in [-0.2, -0.15) is 0 Å². The first-order valence-electron chi connectivity index (χ1n) is 8.81. The van der Waals surface area contributed by atoms with Crippen molar-refractivity contribution in [1.82, 2.24) is 10.5 Å². The molecule has 0 bridgehead atoms. The lowest BCUT2D eigenvalue weighted by molar-refractivity contribution is -0.127. The van der Waals surface area contributed by atoms with Crippen molar-refractivity contribution >= 4 is 11.8 Å². The van der Waals surface area contributed by atoms with Crippen molar-refractivity contribution in [3.63, 3.8) is 0 Å². The van der Waals surface area contributed by atoms with E-state index in [-0.39, 0.29) is 12.0 Å². The number of rotatable bonds is 7. The highest BCUT2D eigenvalue weighted by Gasteiger charge is 2.29. The third kappa shape index (κ3) is 4.27. The summed E-state index contributed by atoms with van der Waals surface area (Å²) in [4.78, 5) is 24.5. The normalized spacial score (nSPS) is 12.9. The molecule has 7 heteroatoms. The van der Waals surface area contributed by atoms with Crippen LogP contribution in [-0.4, -0.2) is 34.2 Å². The Kier molecular flexibility index (Phi) is 5.86. The second-order valence-corrected chi connectivity index (χ2v) is 6.45. The fourth-order valence-corrected chi connectivity index (χ4v) is 2.98. The molecule has 1 heterocycles. The van der Waals surface area contributed by atoms with Crippen molar-refractivity contribution in [1.29, 1.82) is 0 Å². The number of aliphatic hydroxyl groups is 1. The lowest BCUT2D eigenvalue weighted by Crippen LogP contribution is -2.50. The van der Waals surface area contributed by atoms with Crippen LogP contribution in [0.15, 0.2) is 65.2 Å². The van der Waals surface area contributed by atoms with E-state index >= 15 is 0 Å². The largest absolute Gasteiger partial charge is 0.381 e. The van der Waals surface area contributed by atoms with Gasteiger partial charge in [0.15, 0.2) is 6.10 Å². The number of aromatic nitrogens is 1. The monoisotopic (exact) mass is 379 g/mol. The molecule has 3 rings (SSSR count). The minimum Gasteiger partial charge on any atom is -0.381 e. The van der Waals surface area contributed by atoms with Gasteiger partial charge in [0.05, 0.1) is 6.04 Å². The molecular formula is C21H21N3O4. The van der Waals surface area contributed by atoms with Crippen molar-refractivity contribution in [3.8, 4) is 11.3 Å². The molecule has 4 N–H and O–H groups in total. The van der Waals surface area contributed by atoms with Gasteiger partial charge >= 0.3 is 0 Å². The minimum atomic E-state index is -1.54. The molecule has 2 amide bonds. The number of nitrogens with two attached hydrogens (primary N) is 1. The number of aryl methyl sites for hydroxylation is 1. The number of nitrogens with zero attached hydrogens (tertiary/aromatic N) is 1. The Hall–Kier alpha value is -3.45. The van der Waals surface area contributed by atoms with E-state index in [2.05, 4.69) is 10.5 Å². The van der Waals surface area contributed by atoms with E-state index in [1.165, 1.54) is 0 Å². The fraction of sp³-hybridized carbons (Fsp3) is 0.190. The SMILES string of the molecule is Cc1onc(-c2ccccc2)c1C(=O)NC(Cc1ccccc1)C(O)C(N)=O. The van der Waals surface area contributed by atoms with Crippen molar-refractivity contribution in [2.45, 2.75) is 25.5 Å². The Morgan fingerprint density at radius 2 is 1.71 bits per heavy atom. The molecule has 144 valence electrons. The average Bonchev–Trinajstić information content (AvgIpc) is 3.10. The van der Waals surface area contributed by atoms with Crippen LogP contribution in [-0.2, 0) is 11.2 Å². The first kappa shape index (κ1) is 19.3. The van der Waals surface area contributed by atoms with Gasteiger partial charge in [0, 0.05) is 5.56 Å². The maximum Gasteiger partial charge on any atom is 0.257 e. The summed E-state index contributed by atoms with van der Waals surface area (Å²) < 4.78 is 5.21. The molecule has 0 fully saturated rings. The van der Waals surface area contributed by atoms with Crippen LogP contribution in [0.5, 0.6) is 0 Å². The lowest BCUT2D eigenvalue weighted by atomic mass is 9.99. The van der Waals surface area contributed by atoms with E-state index in [1.54, 1.807) is 6.92 Å². The molecule has 2 atom stereocenters. The van der Waals surface area contributed by atoms with Crippen molar-refractivity contribution < 1.29 is 19.2 Å². The first-order valence-corrected chi connectivity index (χ1v) is 8.81. The summed E-state index contributed by atoms with van der Waals surface area (Å²) in [5, 5.41) is 16.9. The van der Waals surface area contributed by atoms with Crippen LogP contribution in [0.25, 0.3) is 11.3 Å². The predicted molar refractivity (Wildman–Crippen MR) is 103 cm³/mol. The zero-order valence-electron chi connectivity index (χ0n) is 15.3. The zero-order valence-corrected chi connectivity index (χ0v) is 15.3. The maximum atomic E-state index is 13.0. The van der Waals surface area contributed by atoms with Crippen LogP contribution in [0.1, 0.15) is 21.7 Å². The molecule has 28 heavy (non-hydrogen) atoms. The summed E-state index contributed by atoms with van der Waals surface area (Å²) in [5.41, 5.74) is 7.47. The van der Waals surface area contributed by atoms with Crippen LogP contribution in [0.2, 0.25) is 0 Å². The van der Waals surface area contributed by atoms with Crippen molar-refractivity contribution in [3.05, 3.63) is 77.6 Å². The first-order chi connectivity index (χ1) is 13.5. The van der Waals surface area contributed by atoms with Crippen LogP contribution in [0, 0.1) is 6.92 Å².